The van der Waals surface area contributed by atoms with Crippen molar-refractivity contribution in [2.75, 3.05) is 18.9 Å². The number of carbonyl (C=O) groups excluding carboxylic acids is 3. The quantitative estimate of drug-likeness (QED) is 0.517. The third-order valence-electron chi connectivity index (χ3n) is 5.90. The molecule has 1 aromatic rings. The number of benzene rings is 1. The van der Waals surface area contributed by atoms with Gasteiger partial charge in [-0.2, -0.15) is 13.5 Å². The zero-order valence-electron chi connectivity index (χ0n) is 18.2. The molecule has 2 bridgehead atoms. The second kappa shape index (κ2) is 9.45. The first-order valence-electron chi connectivity index (χ1n) is 10.5. The molecule has 0 saturated carbocycles. The van der Waals surface area contributed by atoms with Crippen LogP contribution in [0, 0.1) is 5.41 Å². The van der Waals surface area contributed by atoms with Crippen LogP contribution in [0.5, 0.6) is 0 Å². The molecular weight excluding hydrogens is 438 g/mol. The maximum atomic E-state index is 12.5. The van der Waals surface area contributed by atoms with Gasteiger partial charge in [0, 0.05) is 6.54 Å². The third-order valence-corrected chi connectivity index (χ3v) is 6.99. The second-order valence-corrected chi connectivity index (χ2v) is 10.6. The predicted octanol–water partition coefficient (Wildman–Crippen LogP) is 1.67. The lowest BCUT2D eigenvalue weighted by atomic mass is 9.87. The Labute approximate surface area is 187 Å². The molecule has 2 heterocycles. The summed E-state index contributed by atoms with van der Waals surface area (Å²) in [7, 11) is -4.04. The van der Waals surface area contributed by atoms with Crippen LogP contribution in [-0.2, 0) is 23.9 Å². The molecule has 2 atom stereocenters. The Morgan fingerprint density at radius 2 is 1.84 bits per heavy atom. The number of primary amides is 1. The normalized spacial score (nSPS) is 21.0. The van der Waals surface area contributed by atoms with Crippen LogP contribution in [0.4, 0.5) is 4.79 Å². The number of amides is 3. The van der Waals surface area contributed by atoms with Crippen LogP contribution >= 0.6 is 0 Å². The van der Waals surface area contributed by atoms with Crippen molar-refractivity contribution in [2.45, 2.75) is 51.6 Å². The molecule has 10 nitrogen and oxygen atoms in total. The van der Waals surface area contributed by atoms with E-state index in [4.69, 9.17) is 14.8 Å². The standard InChI is InChI=1S/C21H29N3O7S/c1-21(2,10-12-30-19(26)15-6-4-3-5-7-15)11-13-32(28,29)31-24-16-8-9-17(18(22)25)23(14-16)20(24)27/h3-7,16-17H,8-14H2,1-2H3,(H2,22,25)/t16-,17+/m1/s1. The van der Waals surface area contributed by atoms with E-state index in [0.29, 0.717) is 24.8 Å². The lowest BCUT2D eigenvalue weighted by molar-refractivity contribution is -0.122. The highest BCUT2D eigenvalue weighted by atomic mass is 32.2. The van der Waals surface area contributed by atoms with Gasteiger partial charge in [-0.3, -0.25) is 4.79 Å². The average Bonchev–Trinajstić information content (AvgIpc) is 2.97. The van der Waals surface area contributed by atoms with Gasteiger partial charge in [-0.1, -0.05) is 32.0 Å². The number of esters is 1. The van der Waals surface area contributed by atoms with E-state index >= 15 is 0 Å². The highest BCUT2D eigenvalue weighted by Crippen LogP contribution is 2.32. The number of piperidine rings is 1. The van der Waals surface area contributed by atoms with Gasteiger partial charge in [0.2, 0.25) is 5.91 Å². The van der Waals surface area contributed by atoms with E-state index in [0.717, 1.165) is 5.06 Å². The summed E-state index contributed by atoms with van der Waals surface area (Å²) in [6.07, 6.45) is 1.52. The fourth-order valence-electron chi connectivity index (χ4n) is 3.79. The van der Waals surface area contributed by atoms with Gasteiger partial charge in [0.1, 0.15) is 6.04 Å². The highest BCUT2D eigenvalue weighted by molar-refractivity contribution is 7.86. The molecule has 0 aromatic heterocycles. The fourth-order valence-corrected chi connectivity index (χ4v) is 5.10. The molecule has 2 fully saturated rings. The summed E-state index contributed by atoms with van der Waals surface area (Å²) >= 11 is 0. The summed E-state index contributed by atoms with van der Waals surface area (Å²) in [6, 6.07) is 6.78. The number of carbonyl (C=O) groups is 3. The molecule has 2 aliphatic heterocycles. The molecule has 11 heteroatoms. The minimum atomic E-state index is -4.04. The smallest absolute Gasteiger partial charge is 0.346 e. The number of fused-ring (bicyclic) bond motifs is 2. The Bertz CT molecular complexity index is 965. The monoisotopic (exact) mass is 467 g/mol. The maximum Gasteiger partial charge on any atom is 0.346 e. The lowest BCUT2D eigenvalue weighted by Crippen LogP contribution is -2.47. The molecule has 0 radical (unpaired) electrons. The number of ether oxygens (including phenoxy) is 1. The zero-order chi connectivity index (χ0) is 23.5. The van der Waals surface area contributed by atoms with Gasteiger partial charge < -0.3 is 15.4 Å². The molecular formula is C21H29N3O7S. The largest absolute Gasteiger partial charge is 0.462 e. The Hall–Kier alpha value is -2.66. The van der Waals surface area contributed by atoms with Gasteiger partial charge in [0.15, 0.2) is 0 Å². The van der Waals surface area contributed by atoms with Crippen molar-refractivity contribution in [3.63, 3.8) is 0 Å². The van der Waals surface area contributed by atoms with E-state index in [9.17, 15) is 22.8 Å². The van der Waals surface area contributed by atoms with Crippen molar-refractivity contribution >= 4 is 28.0 Å². The molecule has 0 aliphatic carbocycles. The van der Waals surface area contributed by atoms with Crippen molar-refractivity contribution in [3.8, 4) is 0 Å². The third kappa shape index (κ3) is 5.77. The predicted molar refractivity (Wildman–Crippen MR) is 115 cm³/mol. The fraction of sp³-hybridized carbons (Fsp3) is 0.571. The molecule has 2 aliphatic rings. The molecule has 2 N–H and O–H groups in total. The number of rotatable bonds is 10. The summed E-state index contributed by atoms with van der Waals surface area (Å²) in [5.74, 6) is -1.35. The number of hydrogen-bond acceptors (Lipinski definition) is 7. The number of nitrogens with zero attached hydrogens (tertiary/aromatic N) is 2. The summed E-state index contributed by atoms with van der Waals surface area (Å²) in [5.41, 5.74) is 5.34. The summed E-state index contributed by atoms with van der Waals surface area (Å²) in [5, 5.41) is 0.854. The van der Waals surface area contributed by atoms with Gasteiger partial charge in [-0.15, -0.1) is 4.28 Å². The molecule has 0 unspecified atom stereocenters. The van der Waals surface area contributed by atoms with E-state index in [1.165, 1.54) is 4.90 Å². The van der Waals surface area contributed by atoms with Gasteiger partial charge in [-0.05, 0) is 43.2 Å². The van der Waals surface area contributed by atoms with E-state index < -0.39 is 45.5 Å². The SMILES string of the molecule is CC(C)(CCOC(=O)c1ccccc1)CCS(=O)(=O)ON1C(=O)N2C[C@H]1CC[C@H]2C(N)=O. The zero-order valence-corrected chi connectivity index (χ0v) is 19.0. The van der Waals surface area contributed by atoms with E-state index in [1.54, 1.807) is 30.3 Å². The maximum absolute atomic E-state index is 12.5. The van der Waals surface area contributed by atoms with Crippen molar-refractivity contribution < 1.29 is 31.8 Å². The van der Waals surface area contributed by atoms with Crippen LogP contribution in [0.15, 0.2) is 30.3 Å². The van der Waals surface area contributed by atoms with Crippen LogP contribution in [-0.4, -0.2) is 67.3 Å². The Morgan fingerprint density at radius 1 is 1.16 bits per heavy atom. The molecule has 3 amide bonds. The Kier molecular flexibility index (Phi) is 7.09. The first kappa shape index (κ1) is 24.0. The van der Waals surface area contributed by atoms with Crippen molar-refractivity contribution in [1.29, 1.82) is 0 Å². The minimum Gasteiger partial charge on any atom is -0.462 e. The number of urea groups is 1. The summed E-state index contributed by atoms with van der Waals surface area (Å²) in [4.78, 5) is 37.3. The van der Waals surface area contributed by atoms with Crippen LogP contribution in [0.25, 0.3) is 0 Å². The summed E-state index contributed by atoms with van der Waals surface area (Å²) in [6.45, 7) is 4.10. The van der Waals surface area contributed by atoms with Gasteiger partial charge in [-0.25, -0.2) is 9.59 Å². The topological polar surface area (TPSA) is 136 Å². The first-order chi connectivity index (χ1) is 15.0. The summed E-state index contributed by atoms with van der Waals surface area (Å²) < 4.78 is 35.5. The van der Waals surface area contributed by atoms with Gasteiger partial charge in [0.25, 0.3) is 10.1 Å². The number of hydrogen-bond donors (Lipinski definition) is 1. The van der Waals surface area contributed by atoms with Crippen LogP contribution < -0.4 is 5.73 Å². The minimum absolute atomic E-state index is 0.151. The van der Waals surface area contributed by atoms with Crippen LogP contribution in [0.1, 0.15) is 49.9 Å². The second-order valence-electron chi connectivity index (χ2n) is 8.91. The van der Waals surface area contributed by atoms with Crippen molar-refractivity contribution in [1.82, 2.24) is 9.96 Å². The molecule has 1 aromatic carbocycles. The molecule has 0 spiro atoms. The van der Waals surface area contributed by atoms with E-state index in [-0.39, 0.29) is 25.3 Å². The van der Waals surface area contributed by atoms with Crippen LogP contribution in [0.2, 0.25) is 0 Å². The number of nitrogens with two attached hydrogens (primary N) is 1. The van der Waals surface area contributed by atoms with Crippen LogP contribution in [0.3, 0.4) is 0 Å². The Balaban J connectivity index is 1.48. The van der Waals surface area contributed by atoms with Gasteiger partial charge >= 0.3 is 12.0 Å². The number of hydroxylamine groups is 2. The average molecular weight is 468 g/mol. The van der Waals surface area contributed by atoms with E-state index in [1.807, 2.05) is 13.8 Å². The molecule has 3 rings (SSSR count). The van der Waals surface area contributed by atoms with Gasteiger partial charge in [0.05, 0.1) is 24.0 Å². The highest BCUT2D eigenvalue weighted by Gasteiger charge is 2.48. The van der Waals surface area contributed by atoms with E-state index in [2.05, 4.69) is 0 Å². The Morgan fingerprint density at radius 3 is 2.50 bits per heavy atom. The molecule has 32 heavy (non-hydrogen) atoms. The molecule has 2 saturated heterocycles. The first-order valence-corrected chi connectivity index (χ1v) is 12.1. The molecule has 176 valence electrons. The lowest BCUT2D eigenvalue weighted by Gasteiger charge is -2.27. The van der Waals surface area contributed by atoms with Crippen molar-refractivity contribution in [2.24, 2.45) is 11.1 Å². The van der Waals surface area contributed by atoms with Crippen molar-refractivity contribution in [3.05, 3.63) is 35.9 Å².